The standard InChI is InChI=1S/C13H15BrN2O3/c14-11-5-10(6-15-7-11)13(19)16-3-1-2-9(8-16)4-12(17)18/h5-7,9H,1-4,8H2,(H,17,18). The zero-order valence-electron chi connectivity index (χ0n) is 10.4. The molecule has 1 atom stereocenters. The van der Waals surface area contributed by atoms with E-state index in [9.17, 15) is 9.59 Å². The van der Waals surface area contributed by atoms with Gasteiger partial charge in [0.1, 0.15) is 0 Å². The molecule has 1 amide bonds. The van der Waals surface area contributed by atoms with Crippen LogP contribution in [0, 0.1) is 5.92 Å². The van der Waals surface area contributed by atoms with Crippen LogP contribution in [0.25, 0.3) is 0 Å². The number of aliphatic carboxylic acids is 1. The molecule has 2 heterocycles. The van der Waals surface area contributed by atoms with Gasteiger partial charge >= 0.3 is 5.97 Å². The van der Waals surface area contributed by atoms with Gasteiger partial charge in [-0.2, -0.15) is 0 Å². The fraction of sp³-hybridized carbons (Fsp3) is 0.462. The van der Waals surface area contributed by atoms with E-state index in [-0.39, 0.29) is 18.2 Å². The molecule has 0 aromatic carbocycles. The van der Waals surface area contributed by atoms with Gasteiger partial charge in [-0.1, -0.05) is 0 Å². The van der Waals surface area contributed by atoms with Crippen LogP contribution in [0.4, 0.5) is 0 Å². The van der Waals surface area contributed by atoms with Crippen molar-refractivity contribution in [2.75, 3.05) is 13.1 Å². The van der Waals surface area contributed by atoms with Crippen molar-refractivity contribution in [1.29, 1.82) is 0 Å². The number of amides is 1. The average Bonchev–Trinajstić information content (AvgIpc) is 2.37. The van der Waals surface area contributed by atoms with Gasteiger partial charge in [-0.3, -0.25) is 14.6 Å². The maximum atomic E-state index is 12.3. The van der Waals surface area contributed by atoms with Crippen LogP contribution in [0.1, 0.15) is 29.6 Å². The molecule has 0 aliphatic carbocycles. The van der Waals surface area contributed by atoms with E-state index in [1.54, 1.807) is 17.2 Å². The number of rotatable bonds is 3. The van der Waals surface area contributed by atoms with E-state index in [0.29, 0.717) is 18.7 Å². The summed E-state index contributed by atoms with van der Waals surface area (Å²) in [6.45, 7) is 1.19. The monoisotopic (exact) mass is 326 g/mol. The van der Waals surface area contributed by atoms with Crippen LogP contribution >= 0.6 is 15.9 Å². The molecule has 0 spiro atoms. The molecule has 1 aliphatic heterocycles. The third-order valence-electron chi connectivity index (χ3n) is 3.22. The van der Waals surface area contributed by atoms with Crippen LogP contribution in [0.15, 0.2) is 22.9 Å². The van der Waals surface area contributed by atoms with Crippen molar-refractivity contribution < 1.29 is 14.7 Å². The smallest absolute Gasteiger partial charge is 0.303 e. The molecule has 0 saturated carbocycles. The summed E-state index contributed by atoms with van der Waals surface area (Å²) in [7, 11) is 0. The highest BCUT2D eigenvalue weighted by Gasteiger charge is 2.26. The second-order valence-corrected chi connectivity index (χ2v) is 5.66. The Kier molecular flexibility index (Phi) is 4.52. The van der Waals surface area contributed by atoms with Gasteiger partial charge in [-0.15, -0.1) is 0 Å². The summed E-state index contributed by atoms with van der Waals surface area (Å²) in [5.41, 5.74) is 0.533. The first-order valence-corrected chi connectivity index (χ1v) is 6.97. The Hall–Kier alpha value is -1.43. The summed E-state index contributed by atoms with van der Waals surface area (Å²) in [4.78, 5) is 28.7. The van der Waals surface area contributed by atoms with Crippen LogP contribution < -0.4 is 0 Å². The first-order valence-electron chi connectivity index (χ1n) is 6.18. The first-order chi connectivity index (χ1) is 9.06. The quantitative estimate of drug-likeness (QED) is 0.924. The van der Waals surface area contributed by atoms with Gasteiger partial charge in [-0.25, -0.2) is 0 Å². The highest BCUT2D eigenvalue weighted by Crippen LogP contribution is 2.21. The number of aromatic nitrogens is 1. The second kappa shape index (κ2) is 6.14. The van der Waals surface area contributed by atoms with E-state index < -0.39 is 5.97 Å². The Labute approximate surface area is 119 Å². The molecular formula is C13H15BrN2O3. The lowest BCUT2D eigenvalue weighted by Gasteiger charge is -2.32. The molecule has 6 heteroatoms. The van der Waals surface area contributed by atoms with E-state index in [0.717, 1.165) is 17.3 Å². The largest absolute Gasteiger partial charge is 0.481 e. The summed E-state index contributed by atoms with van der Waals surface area (Å²) in [6, 6.07) is 1.73. The SMILES string of the molecule is O=C(O)CC1CCCN(C(=O)c2cncc(Br)c2)C1. The van der Waals surface area contributed by atoms with Gasteiger partial charge in [0.2, 0.25) is 0 Å². The summed E-state index contributed by atoms with van der Waals surface area (Å²) in [5.74, 6) is -0.831. The van der Waals surface area contributed by atoms with Crippen molar-refractivity contribution in [1.82, 2.24) is 9.88 Å². The summed E-state index contributed by atoms with van der Waals surface area (Å²) in [6.07, 6.45) is 5.01. The van der Waals surface area contributed by atoms with Crippen molar-refractivity contribution in [2.45, 2.75) is 19.3 Å². The predicted molar refractivity (Wildman–Crippen MR) is 72.8 cm³/mol. The fourth-order valence-electron chi connectivity index (χ4n) is 2.37. The molecule has 19 heavy (non-hydrogen) atoms. The summed E-state index contributed by atoms with van der Waals surface area (Å²) >= 11 is 3.29. The van der Waals surface area contributed by atoms with E-state index in [1.807, 2.05) is 0 Å². The topological polar surface area (TPSA) is 70.5 Å². The maximum absolute atomic E-state index is 12.3. The first kappa shape index (κ1) is 14.0. The van der Waals surface area contributed by atoms with Crippen molar-refractivity contribution in [3.8, 4) is 0 Å². The van der Waals surface area contributed by atoms with E-state index >= 15 is 0 Å². The highest BCUT2D eigenvalue weighted by atomic mass is 79.9. The third-order valence-corrected chi connectivity index (χ3v) is 3.65. The molecule has 1 unspecified atom stereocenters. The molecule has 5 nitrogen and oxygen atoms in total. The molecule has 102 valence electrons. The van der Waals surface area contributed by atoms with Gasteiger partial charge in [0.15, 0.2) is 0 Å². The molecule has 0 bridgehead atoms. The van der Waals surface area contributed by atoms with Crippen LogP contribution in [0.5, 0.6) is 0 Å². The Morgan fingerprint density at radius 3 is 2.95 bits per heavy atom. The number of pyridine rings is 1. The zero-order valence-corrected chi connectivity index (χ0v) is 12.0. The van der Waals surface area contributed by atoms with Crippen molar-refractivity contribution >= 4 is 27.8 Å². The minimum absolute atomic E-state index is 0.0512. The average molecular weight is 327 g/mol. The molecule has 0 radical (unpaired) electrons. The Bertz CT molecular complexity index is 493. The van der Waals surface area contributed by atoms with E-state index in [4.69, 9.17) is 5.11 Å². The molecule has 2 rings (SSSR count). The van der Waals surface area contributed by atoms with Gasteiger partial charge in [0.25, 0.3) is 5.91 Å². The van der Waals surface area contributed by atoms with Gasteiger partial charge in [0.05, 0.1) is 5.56 Å². The Balaban J connectivity index is 2.04. The van der Waals surface area contributed by atoms with Crippen molar-refractivity contribution in [2.24, 2.45) is 5.92 Å². The van der Waals surface area contributed by atoms with Crippen LogP contribution in [0.3, 0.4) is 0 Å². The number of carboxylic acid groups (broad SMARTS) is 1. The lowest BCUT2D eigenvalue weighted by atomic mass is 9.94. The van der Waals surface area contributed by atoms with Crippen LogP contribution in [0.2, 0.25) is 0 Å². The Morgan fingerprint density at radius 2 is 2.26 bits per heavy atom. The van der Waals surface area contributed by atoms with E-state index in [2.05, 4.69) is 20.9 Å². The normalized spacial score (nSPS) is 19.2. The van der Waals surface area contributed by atoms with Crippen LogP contribution in [-0.2, 0) is 4.79 Å². The van der Waals surface area contributed by atoms with Gasteiger partial charge in [0, 0.05) is 36.4 Å². The number of piperidine rings is 1. The molecule has 1 aliphatic rings. The lowest BCUT2D eigenvalue weighted by Crippen LogP contribution is -2.40. The number of hydrogen-bond donors (Lipinski definition) is 1. The highest BCUT2D eigenvalue weighted by molar-refractivity contribution is 9.10. The Morgan fingerprint density at radius 1 is 1.47 bits per heavy atom. The zero-order chi connectivity index (χ0) is 13.8. The van der Waals surface area contributed by atoms with Crippen molar-refractivity contribution in [3.63, 3.8) is 0 Å². The van der Waals surface area contributed by atoms with Crippen LogP contribution in [-0.4, -0.2) is 40.0 Å². The number of likely N-dealkylation sites (tertiary alicyclic amines) is 1. The third kappa shape index (κ3) is 3.76. The lowest BCUT2D eigenvalue weighted by molar-refractivity contribution is -0.138. The molecule has 1 N–H and O–H groups in total. The molecule has 1 aromatic heterocycles. The molecular weight excluding hydrogens is 312 g/mol. The molecule has 1 fully saturated rings. The van der Waals surface area contributed by atoms with Gasteiger partial charge in [-0.05, 0) is 40.8 Å². The minimum Gasteiger partial charge on any atom is -0.481 e. The summed E-state index contributed by atoms with van der Waals surface area (Å²) < 4.78 is 0.762. The van der Waals surface area contributed by atoms with E-state index in [1.165, 1.54) is 6.20 Å². The fourth-order valence-corrected chi connectivity index (χ4v) is 2.74. The predicted octanol–water partition coefficient (Wildman–Crippen LogP) is 2.17. The van der Waals surface area contributed by atoms with Gasteiger partial charge < -0.3 is 10.0 Å². The number of carbonyl (C=O) groups excluding carboxylic acids is 1. The minimum atomic E-state index is -0.802. The number of halogens is 1. The number of nitrogens with zero attached hydrogens (tertiary/aromatic N) is 2. The number of carbonyl (C=O) groups is 2. The number of carboxylic acids is 1. The number of hydrogen-bond acceptors (Lipinski definition) is 3. The molecule has 1 aromatic rings. The van der Waals surface area contributed by atoms with Crippen molar-refractivity contribution in [3.05, 3.63) is 28.5 Å². The second-order valence-electron chi connectivity index (χ2n) is 4.75. The molecule has 1 saturated heterocycles. The maximum Gasteiger partial charge on any atom is 0.303 e. The summed E-state index contributed by atoms with van der Waals surface area (Å²) in [5, 5.41) is 8.82.